The van der Waals surface area contributed by atoms with E-state index in [1.807, 2.05) is 25.7 Å². The van der Waals surface area contributed by atoms with E-state index in [1.165, 1.54) is 0 Å². The molecule has 0 saturated carbocycles. The van der Waals surface area contributed by atoms with Crippen molar-refractivity contribution in [2.75, 3.05) is 33.8 Å². The molecular weight excluding hydrogens is 216 g/mol. The van der Waals surface area contributed by atoms with E-state index in [0.29, 0.717) is 12.0 Å². The first-order valence-electron chi connectivity index (χ1n) is 6.29. The van der Waals surface area contributed by atoms with Crippen LogP contribution in [0.15, 0.2) is 0 Å². The predicted molar refractivity (Wildman–Crippen MR) is 68.9 cm³/mol. The lowest BCUT2D eigenvalue weighted by Gasteiger charge is -2.23. The van der Waals surface area contributed by atoms with Crippen LogP contribution in [0.1, 0.15) is 27.7 Å². The first kappa shape index (κ1) is 14.5. The highest BCUT2D eigenvalue weighted by Crippen LogP contribution is 2.20. The summed E-state index contributed by atoms with van der Waals surface area (Å²) in [5.74, 6) is 0.639. The maximum Gasteiger partial charge on any atom is 0.248 e. The summed E-state index contributed by atoms with van der Waals surface area (Å²) in [6.07, 6.45) is 0. The summed E-state index contributed by atoms with van der Waals surface area (Å²) < 4.78 is 5.53. The number of likely N-dealkylation sites (tertiary alicyclic amines) is 1. The predicted octanol–water partition coefficient (Wildman–Crippen LogP) is 1.21. The highest BCUT2D eigenvalue weighted by molar-refractivity contribution is 5.77. The quantitative estimate of drug-likeness (QED) is 0.746. The number of hydrogen-bond donors (Lipinski definition) is 0. The third kappa shape index (κ3) is 4.28. The van der Waals surface area contributed by atoms with Crippen LogP contribution in [0.4, 0.5) is 0 Å². The Morgan fingerprint density at radius 2 is 1.94 bits per heavy atom. The van der Waals surface area contributed by atoms with Crippen molar-refractivity contribution < 1.29 is 9.53 Å². The fourth-order valence-corrected chi connectivity index (χ4v) is 2.20. The molecule has 2 atom stereocenters. The van der Waals surface area contributed by atoms with E-state index in [9.17, 15) is 4.79 Å². The van der Waals surface area contributed by atoms with E-state index in [4.69, 9.17) is 4.74 Å². The second-order valence-electron chi connectivity index (χ2n) is 6.21. The van der Waals surface area contributed by atoms with Gasteiger partial charge in [0.15, 0.2) is 0 Å². The van der Waals surface area contributed by atoms with Crippen molar-refractivity contribution in [2.45, 2.75) is 39.3 Å². The van der Waals surface area contributed by atoms with Crippen molar-refractivity contribution in [3.63, 3.8) is 0 Å². The first-order valence-corrected chi connectivity index (χ1v) is 6.29. The molecule has 1 aliphatic rings. The molecule has 0 aromatic rings. The summed E-state index contributed by atoms with van der Waals surface area (Å²) >= 11 is 0. The molecule has 0 spiro atoms. The van der Waals surface area contributed by atoms with Gasteiger partial charge >= 0.3 is 0 Å². The molecule has 4 heteroatoms. The van der Waals surface area contributed by atoms with Crippen LogP contribution in [0.5, 0.6) is 0 Å². The molecule has 2 unspecified atom stereocenters. The number of hydrogen-bond acceptors (Lipinski definition) is 3. The average Bonchev–Trinajstić information content (AvgIpc) is 2.55. The van der Waals surface area contributed by atoms with Gasteiger partial charge in [-0.25, -0.2) is 0 Å². The average molecular weight is 242 g/mol. The number of likely N-dealkylation sites (N-methyl/N-ethyl adjacent to an activating group) is 1. The van der Waals surface area contributed by atoms with Gasteiger partial charge in [-0.1, -0.05) is 6.92 Å². The summed E-state index contributed by atoms with van der Waals surface area (Å²) in [6, 6.07) is 0.466. The number of nitrogens with zero attached hydrogens (tertiary/aromatic N) is 2. The van der Waals surface area contributed by atoms with Crippen molar-refractivity contribution >= 4 is 5.91 Å². The van der Waals surface area contributed by atoms with Crippen LogP contribution >= 0.6 is 0 Å². The van der Waals surface area contributed by atoms with Gasteiger partial charge in [0.2, 0.25) is 5.91 Å². The van der Waals surface area contributed by atoms with E-state index in [1.54, 1.807) is 0 Å². The molecule has 0 N–H and O–H groups in total. The van der Waals surface area contributed by atoms with Gasteiger partial charge in [0.05, 0.1) is 5.60 Å². The second-order valence-corrected chi connectivity index (χ2v) is 6.21. The van der Waals surface area contributed by atoms with Gasteiger partial charge in [-0.05, 0) is 40.8 Å². The fraction of sp³-hybridized carbons (Fsp3) is 0.923. The molecule has 0 aromatic carbocycles. The third-order valence-electron chi connectivity index (χ3n) is 3.22. The van der Waals surface area contributed by atoms with Crippen LogP contribution in [0, 0.1) is 5.92 Å². The van der Waals surface area contributed by atoms with Gasteiger partial charge in [-0.2, -0.15) is 0 Å². The zero-order chi connectivity index (χ0) is 13.2. The van der Waals surface area contributed by atoms with Gasteiger partial charge in [0, 0.05) is 19.1 Å². The zero-order valence-corrected chi connectivity index (χ0v) is 12.0. The van der Waals surface area contributed by atoms with E-state index in [2.05, 4.69) is 25.9 Å². The van der Waals surface area contributed by atoms with Crippen molar-refractivity contribution in [2.24, 2.45) is 5.92 Å². The zero-order valence-electron chi connectivity index (χ0n) is 12.0. The minimum atomic E-state index is -0.248. The maximum atomic E-state index is 12.0. The van der Waals surface area contributed by atoms with Crippen LogP contribution in [0.25, 0.3) is 0 Å². The Morgan fingerprint density at radius 3 is 2.35 bits per heavy atom. The minimum absolute atomic E-state index is 0.108. The molecular formula is C13H26N2O2. The Bertz CT molecular complexity index is 271. The largest absolute Gasteiger partial charge is 0.366 e. The van der Waals surface area contributed by atoms with Crippen molar-refractivity contribution in [3.05, 3.63) is 0 Å². The number of carbonyl (C=O) groups is 1. The van der Waals surface area contributed by atoms with E-state index >= 15 is 0 Å². The van der Waals surface area contributed by atoms with Crippen LogP contribution in [-0.2, 0) is 9.53 Å². The van der Waals surface area contributed by atoms with Crippen molar-refractivity contribution in [3.8, 4) is 0 Å². The highest BCUT2D eigenvalue weighted by Gasteiger charge is 2.33. The molecule has 1 rings (SSSR count). The van der Waals surface area contributed by atoms with E-state index in [-0.39, 0.29) is 18.1 Å². The number of carbonyl (C=O) groups excluding carboxylic acids is 1. The standard InChI is InChI=1S/C13H26N2O2/c1-10-7-15(8-11(10)14(5)6)12(16)9-17-13(2,3)4/h10-11H,7-9H2,1-6H3. The maximum absolute atomic E-state index is 12.0. The number of rotatable bonds is 3. The Morgan fingerprint density at radius 1 is 1.35 bits per heavy atom. The Balaban J connectivity index is 2.45. The molecule has 17 heavy (non-hydrogen) atoms. The summed E-state index contributed by atoms with van der Waals surface area (Å²) in [5.41, 5.74) is -0.248. The minimum Gasteiger partial charge on any atom is -0.366 e. The van der Waals surface area contributed by atoms with Gasteiger partial charge in [0.25, 0.3) is 0 Å². The lowest BCUT2D eigenvalue weighted by Crippen LogP contribution is -2.38. The smallest absolute Gasteiger partial charge is 0.248 e. The van der Waals surface area contributed by atoms with Gasteiger partial charge < -0.3 is 14.5 Å². The summed E-state index contributed by atoms with van der Waals surface area (Å²) in [7, 11) is 4.14. The molecule has 100 valence electrons. The summed E-state index contributed by atoms with van der Waals surface area (Å²) in [4.78, 5) is 16.1. The van der Waals surface area contributed by atoms with Gasteiger partial charge in [0.1, 0.15) is 6.61 Å². The third-order valence-corrected chi connectivity index (χ3v) is 3.22. The summed E-state index contributed by atoms with van der Waals surface area (Å²) in [6.45, 7) is 9.95. The molecule has 0 aromatic heterocycles. The molecule has 0 bridgehead atoms. The molecule has 1 saturated heterocycles. The lowest BCUT2D eigenvalue weighted by atomic mass is 10.1. The van der Waals surface area contributed by atoms with Crippen LogP contribution < -0.4 is 0 Å². The molecule has 0 aliphatic carbocycles. The Labute approximate surface area is 105 Å². The highest BCUT2D eigenvalue weighted by atomic mass is 16.5. The van der Waals surface area contributed by atoms with Crippen LogP contribution in [0.2, 0.25) is 0 Å². The van der Waals surface area contributed by atoms with Crippen LogP contribution in [0.3, 0.4) is 0 Å². The number of amides is 1. The van der Waals surface area contributed by atoms with Gasteiger partial charge in [-0.15, -0.1) is 0 Å². The Hall–Kier alpha value is -0.610. The second kappa shape index (κ2) is 5.36. The van der Waals surface area contributed by atoms with Crippen molar-refractivity contribution in [1.82, 2.24) is 9.80 Å². The topological polar surface area (TPSA) is 32.8 Å². The molecule has 0 radical (unpaired) electrons. The monoisotopic (exact) mass is 242 g/mol. The fourth-order valence-electron chi connectivity index (χ4n) is 2.20. The summed E-state index contributed by atoms with van der Waals surface area (Å²) in [5, 5.41) is 0. The normalized spacial score (nSPS) is 25.7. The lowest BCUT2D eigenvalue weighted by molar-refractivity contribution is -0.140. The molecule has 1 heterocycles. The molecule has 4 nitrogen and oxygen atoms in total. The van der Waals surface area contributed by atoms with E-state index in [0.717, 1.165) is 13.1 Å². The Kier molecular flexibility index (Phi) is 4.55. The number of ether oxygens (including phenoxy) is 1. The van der Waals surface area contributed by atoms with Crippen LogP contribution in [-0.4, -0.2) is 61.1 Å². The van der Waals surface area contributed by atoms with Crippen molar-refractivity contribution in [1.29, 1.82) is 0 Å². The van der Waals surface area contributed by atoms with E-state index < -0.39 is 0 Å². The molecule has 1 amide bonds. The first-order chi connectivity index (χ1) is 7.70. The van der Waals surface area contributed by atoms with Gasteiger partial charge in [-0.3, -0.25) is 4.79 Å². The SMILES string of the molecule is CC1CN(C(=O)COC(C)(C)C)CC1N(C)C. The molecule has 1 fully saturated rings. The molecule has 1 aliphatic heterocycles.